The third-order valence-corrected chi connectivity index (χ3v) is 4.37. The molecule has 0 spiro atoms. The van der Waals surface area contributed by atoms with Crippen LogP contribution in [0.1, 0.15) is 16.9 Å². The molecule has 0 aliphatic heterocycles. The molecule has 8 heteroatoms. The Labute approximate surface area is 153 Å². The van der Waals surface area contributed by atoms with Crippen LogP contribution >= 0.6 is 0 Å². The fourth-order valence-electron chi connectivity index (χ4n) is 3.03. The van der Waals surface area contributed by atoms with Crippen molar-refractivity contribution in [3.8, 4) is 17.3 Å². The summed E-state index contributed by atoms with van der Waals surface area (Å²) in [7, 11) is 0. The SMILES string of the molecule is Cc1ccc(OCc2ccc(-c3nc4c5cn[nH]c5ncn4n3)o2)c(C)c1. The van der Waals surface area contributed by atoms with Crippen LogP contribution in [0, 0.1) is 13.8 Å². The molecular weight excluding hydrogens is 344 g/mol. The maximum absolute atomic E-state index is 5.87. The molecule has 0 amide bonds. The summed E-state index contributed by atoms with van der Waals surface area (Å²) < 4.78 is 13.4. The van der Waals surface area contributed by atoms with Gasteiger partial charge in [-0.1, -0.05) is 17.7 Å². The molecule has 0 unspecified atom stereocenters. The normalized spacial score (nSPS) is 11.5. The number of furan rings is 1. The van der Waals surface area contributed by atoms with Crippen LogP contribution in [0.3, 0.4) is 0 Å². The summed E-state index contributed by atoms with van der Waals surface area (Å²) >= 11 is 0. The lowest BCUT2D eigenvalue weighted by Crippen LogP contribution is -1.95. The third-order valence-electron chi connectivity index (χ3n) is 4.37. The zero-order chi connectivity index (χ0) is 18.4. The fraction of sp³-hybridized carbons (Fsp3) is 0.158. The minimum absolute atomic E-state index is 0.338. The van der Waals surface area contributed by atoms with Gasteiger partial charge in [0, 0.05) is 0 Å². The number of hydrogen-bond donors (Lipinski definition) is 1. The molecule has 4 heterocycles. The summed E-state index contributed by atoms with van der Waals surface area (Å²) in [4.78, 5) is 8.81. The lowest BCUT2D eigenvalue weighted by Gasteiger charge is -2.08. The summed E-state index contributed by atoms with van der Waals surface area (Å²) in [6.07, 6.45) is 3.28. The van der Waals surface area contributed by atoms with E-state index < -0.39 is 0 Å². The van der Waals surface area contributed by atoms with Crippen LogP contribution in [0.2, 0.25) is 0 Å². The molecular formula is C19H16N6O2. The Morgan fingerprint density at radius 1 is 1.19 bits per heavy atom. The second kappa shape index (κ2) is 5.94. The van der Waals surface area contributed by atoms with Crippen molar-refractivity contribution >= 4 is 16.7 Å². The molecule has 0 bridgehead atoms. The molecule has 0 saturated heterocycles. The van der Waals surface area contributed by atoms with Gasteiger partial charge in [0.2, 0.25) is 5.82 Å². The highest BCUT2D eigenvalue weighted by molar-refractivity contribution is 5.88. The van der Waals surface area contributed by atoms with Crippen molar-refractivity contribution < 1.29 is 9.15 Å². The average Bonchev–Trinajstić information content (AvgIpc) is 3.38. The maximum atomic E-state index is 5.87. The second-order valence-electron chi connectivity index (χ2n) is 6.40. The van der Waals surface area contributed by atoms with Crippen LogP contribution < -0.4 is 4.74 Å². The van der Waals surface area contributed by atoms with Gasteiger partial charge in [-0.25, -0.2) is 14.5 Å². The molecule has 1 aromatic carbocycles. The van der Waals surface area contributed by atoms with Crippen LogP contribution in [0.15, 0.2) is 47.3 Å². The number of aromatic amines is 1. The number of H-pyrrole nitrogens is 1. The van der Waals surface area contributed by atoms with E-state index in [0.29, 0.717) is 35.2 Å². The van der Waals surface area contributed by atoms with E-state index in [9.17, 15) is 0 Å². The molecule has 4 aromatic heterocycles. The predicted octanol–water partition coefficient (Wildman–Crippen LogP) is 3.46. The Morgan fingerprint density at radius 3 is 3.00 bits per heavy atom. The monoisotopic (exact) mass is 360 g/mol. The highest BCUT2D eigenvalue weighted by atomic mass is 16.5. The number of hydrogen-bond acceptors (Lipinski definition) is 6. The zero-order valence-corrected chi connectivity index (χ0v) is 14.8. The molecule has 27 heavy (non-hydrogen) atoms. The van der Waals surface area contributed by atoms with E-state index in [0.717, 1.165) is 16.7 Å². The topological polar surface area (TPSA) is 94.1 Å². The van der Waals surface area contributed by atoms with Crippen molar-refractivity contribution in [2.75, 3.05) is 0 Å². The van der Waals surface area contributed by atoms with Crippen LogP contribution in [-0.2, 0) is 6.61 Å². The number of aryl methyl sites for hydroxylation is 2. The minimum Gasteiger partial charge on any atom is -0.485 e. The number of nitrogens with zero attached hydrogens (tertiary/aromatic N) is 5. The van der Waals surface area contributed by atoms with Gasteiger partial charge in [-0.15, -0.1) is 5.10 Å². The quantitative estimate of drug-likeness (QED) is 0.527. The van der Waals surface area contributed by atoms with E-state index >= 15 is 0 Å². The van der Waals surface area contributed by atoms with E-state index in [1.807, 2.05) is 31.2 Å². The Balaban J connectivity index is 1.40. The number of aromatic nitrogens is 6. The van der Waals surface area contributed by atoms with E-state index in [1.54, 1.807) is 17.0 Å². The summed E-state index contributed by atoms with van der Waals surface area (Å²) in [6.45, 7) is 4.43. The number of ether oxygens (including phenoxy) is 1. The Bertz CT molecular complexity index is 1270. The summed E-state index contributed by atoms with van der Waals surface area (Å²) in [5.41, 5.74) is 3.65. The van der Waals surface area contributed by atoms with Gasteiger partial charge < -0.3 is 9.15 Å². The van der Waals surface area contributed by atoms with Gasteiger partial charge in [-0.2, -0.15) is 5.10 Å². The molecule has 0 saturated carbocycles. The van der Waals surface area contributed by atoms with Gasteiger partial charge in [0.05, 0.1) is 11.6 Å². The van der Waals surface area contributed by atoms with Crippen molar-refractivity contribution in [1.82, 2.24) is 29.8 Å². The van der Waals surface area contributed by atoms with E-state index in [1.165, 1.54) is 5.56 Å². The number of rotatable bonds is 4. The van der Waals surface area contributed by atoms with Crippen LogP contribution in [0.5, 0.6) is 5.75 Å². The first-order valence-corrected chi connectivity index (χ1v) is 8.51. The molecule has 134 valence electrons. The molecule has 0 radical (unpaired) electrons. The fourth-order valence-corrected chi connectivity index (χ4v) is 3.03. The van der Waals surface area contributed by atoms with Gasteiger partial charge in [0.15, 0.2) is 17.1 Å². The van der Waals surface area contributed by atoms with Crippen molar-refractivity contribution in [3.63, 3.8) is 0 Å². The highest BCUT2D eigenvalue weighted by Gasteiger charge is 2.14. The predicted molar refractivity (Wildman–Crippen MR) is 98.4 cm³/mol. The van der Waals surface area contributed by atoms with Gasteiger partial charge in [0.1, 0.15) is 24.4 Å². The lowest BCUT2D eigenvalue weighted by atomic mass is 10.1. The van der Waals surface area contributed by atoms with E-state index in [2.05, 4.69) is 38.3 Å². The van der Waals surface area contributed by atoms with Gasteiger partial charge >= 0.3 is 0 Å². The molecule has 8 nitrogen and oxygen atoms in total. The maximum Gasteiger partial charge on any atom is 0.217 e. The van der Waals surface area contributed by atoms with E-state index in [4.69, 9.17) is 9.15 Å². The second-order valence-corrected chi connectivity index (χ2v) is 6.40. The molecule has 5 rings (SSSR count). The van der Waals surface area contributed by atoms with Crippen molar-refractivity contribution in [1.29, 1.82) is 0 Å². The largest absolute Gasteiger partial charge is 0.485 e. The van der Waals surface area contributed by atoms with Crippen LogP contribution in [0.25, 0.3) is 28.3 Å². The molecule has 0 fully saturated rings. The molecule has 1 N–H and O–H groups in total. The smallest absolute Gasteiger partial charge is 0.217 e. The minimum atomic E-state index is 0.338. The zero-order valence-electron chi connectivity index (χ0n) is 14.8. The molecule has 0 aliphatic rings. The van der Waals surface area contributed by atoms with Crippen LogP contribution in [-0.4, -0.2) is 29.8 Å². The molecule has 5 aromatic rings. The van der Waals surface area contributed by atoms with Crippen molar-refractivity contribution in [2.45, 2.75) is 20.5 Å². The van der Waals surface area contributed by atoms with Gasteiger partial charge in [-0.3, -0.25) is 5.10 Å². The van der Waals surface area contributed by atoms with E-state index in [-0.39, 0.29) is 0 Å². The standard InChI is InChI=1S/C19H16N6O2/c1-11-3-5-15(12(2)7-11)26-9-13-4-6-16(27-13)18-22-19-14-8-21-23-17(14)20-10-25(19)24-18/h3-8,10H,9H2,1-2H3,(H,21,23). The Morgan fingerprint density at radius 2 is 2.11 bits per heavy atom. The highest BCUT2D eigenvalue weighted by Crippen LogP contribution is 2.24. The first kappa shape index (κ1) is 15.6. The third kappa shape index (κ3) is 2.71. The van der Waals surface area contributed by atoms with Crippen molar-refractivity contribution in [2.24, 2.45) is 0 Å². The first-order chi connectivity index (χ1) is 13.2. The summed E-state index contributed by atoms with van der Waals surface area (Å²) in [6, 6.07) is 9.81. The summed E-state index contributed by atoms with van der Waals surface area (Å²) in [5.74, 6) is 2.62. The van der Waals surface area contributed by atoms with Gasteiger partial charge in [-0.05, 0) is 37.6 Å². The summed E-state index contributed by atoms with van der Waals surface area (Å²) in [5, 5.41) is 12.1. The lowest BCUT2D eigenvalue weighted by molar-refractivity contribution is 0.270. The first-order valence-electron chi connectivity index (χ1n) is 8.51. The van der Waals surface area contributed by atoms with Gasteiger partial charge in [0.25, 0.3) is 0 Å². The number of nitrogens with one attached hydrogen (secondary N) is 1. The number of benzene rings is 1. The number of fused-ring (bicyclic) bond motifs is 3. The van der Waals surface area contributed by atoms with Crippen LogP contribution in [0.4, 0.5) is 0 Å². The van der Waals surface area contributed by atoms with Crippen molar-refractivity contribution in [3.05, 3.63) is 59.7 Å². The molecule has 0 aliphatic carbocycles. The Kier molecular flexibility index (Phi) is 3.43. The average molecular weight is 360 g/mol. The molecule has 0 atom stereocenters. The Hall–Kier alpha value is -3.68.